The number of nitrogens with zero attached hydrogens (tertiary/aromatic N) is 3. The van der Waals surface area contributed by atoms with Crippen molar-refractivity contribution in [2.45, 2.75) is 17.7 Å². The van der Waals surface area contributed by atoms with Gasteiger partial charge in [-0.3, -0.25) is 20.0 Å². The van der Waals surface area contributed by atoms with Gasteiger partial charge in [-0.25, -0.2) is 0 Å². The highest BCUT2D eigenvalue weighted by atomic mass is 32.2. The van der Waals surface area contributed by atoms with E-state index in [1.165, 1.54) is 0 Å². The molecule has 1 aromatic heterocycles. The zero-order chi connectivity index (χ0) is 20.9. The van der Waals surface area contributed by atoms with Gasteiger partial charge >= 0.3 is 0 Å². The van der Waals surface area contributed by atoms with Gasteiger partial charge in [-0.15, -0.1) is 16.9 Å². The molecule has 2 aromatic carbocycles. The van der Waals surface area contributed by atoms with Crippen LogP contribution in [0.2, 0.25) is 0 Å². The number of ether oxygens (including phenoxy) is 1. The molecule has 2 N–H and O–H groups in total. The Morgan fingerprint density at radius 3 is 2.83 bits per heavy atom. The number of rotatable bonds is 6. The third-order valence-electron chi connectivity index (χ3n) is 4.69. The van der Waals surface area contributed by atoms with Crippen LogP contribution >= 0.6 is 11.8 Å². The molecule has 4 rings (SSSR count). The SMILES string of the molecule is COc1ccccc1-c1nc(NC(=O)CCC(=O)N2CCSc3ccccc32)n[nH]1. The molecule has 2 heterocycles. The van der Waals surface area contributed by atoms with E-state index in [2.05, 4.69) is 20.5 Å². The van der Waals surface area contributed by atoms with Gasteiger partial charge in [0.05, 0.1) is 18.4 Å². The van der Waals surface area contributed by atoms with E-state index in [0.717, 1.165) is 21.9 Å². The van der Waals surface area contributed by atoms with Crippen molar-refractivity contribution in [3.63, 3.8) is 0 Å². The molecule has 0 atom stereocenters. The summed E-state index contributed by atoms with van der Waals surface area (Å²) >= 11 is 1.74. The van der Waals surface area contributed by atoms with E-state index in [1.807, 2.05) is 48.5 Å². The van der Waals surface area contributed by atoms with Crippen LogP contribution in [0, 0.1) is 0 Å². The number of benzene rings is 2. The maximum atomic E-state index is 12.7. The number of nitrogens with one attached hydrogen (secondary N) is 2. The Morgan fingerprint density at radius 2 is 1.97 bits per heavy atom. The summed E-state index contributed by atoms with van der Waals surface area (Å²) in [7, 11) is 1.58. The van der Waals surface area contributed by atoms with E-state index in [-0.39, 0.29) is 30.6 Å². The van der Waals surface area contributed by atoms with Crippen molar-refractivity contribution in [2.24, 2.45) is 0 Å². The Kier molecular flexibility index (Phi) is 5.99. The second-order valence-corrected chi connectivity index (χ2v) is 7.75. The number of para-hydroxylation sites is 2. The number of hydrogen-bond donors (Lipinski definition) is 2. The van der Waals surface area contributed by atoms with Crippen LogP contribution < -0.4 is 15.0 Å². The van der Waals surface area contributed by atoms with Crippen LogP contribution in [0.5, 0.6) is 5.75 Å². The summed E-state index contributed by atoms with van der Waals surface area (Å²) in [6, 6.07) is 15.2. The molecule has 0 aliphatic carbocycles. The minimum absolute atomic E-state index is 0.0587. The van der Waals surface area contributed by atoms with Crippen LogP contribution in [-0.2, 0) is 9.59 Å². The standard InChI is InChI=1S/C21H21N5O3S/c1-29-16-8-4-2-6-14(16)20-23-21(25-24-20)22-18(27)10-11-19(28)26-12-13-30-17-9-5-3-7-15(17)26/h2-9H,10-13H2,1H3,(H2,22,23,24,25,27). The van der Waals surface area contributed by atoms with Crippen molar-refractivity contribution in [3.05, 3.63) is 48.5 Å². The maximum Gasteiger partial charge on any atom is 0.249 e. The molecule has 8 nitrogen and oxygen atoms in total. The fraction of sp³-hybridized carbons (Fsp3) is 0.238. The van der Waals surface area contributed by atoms with Crippen LogP contribution in [0.4, 0.5) is 11.6 Å². The number of anilines is 2. The molecule has 0 saturated carbocycles. The molecule has 0 saturated heterocycles. The lowest BCUT2D eigenvalue weighted by Crippen LogP contribution is -2.35. The molecule has 3 aromatic rings. The number of thioether (sulfide) groups is 1. The van der Waals surface area contributed by atoms with E-state index >= 15 is 0 Å². The minimum Gasteiger partial charge on any atom is -0.496 e. The maximum absolute atomic E-state index is 12.7. The van der Waals surface area contributed by atoms with Gasteiger partial charge < -0.3 is 9.64 Å². The van der Waals surface area contributed by atoms with Gasteiger partial charge in [0.2, 0.25) is 17.8 Å². The highest BCUT2D eigenvalue weighted by Gasteiger charge is 2.23. The number of carbonyl (C=O) groups is 2. The number of aromatic nitrogens is 3. The third-order valence-corrected chi connectivity index (χ3v) is 5.74. The highest BCUT2D eigenvalue weighted by molar-refractivity contribution is 7.99. The van der Waals surface area contributed by atoms with Crippen molar-refractivity contribution in [1.29, 1.82) is 0 Å². The summed E-state index contributed by atoms with van der Waals surface area (Å²) in [6.45, 7) is 0.644. The summed E-state index contributed by atoms with van der Waals surface area (Å²) in [5.74, 6) is 1.76. The summed E-state index contributed by atoms with van der Waals surface area (Å²) in [6.07, 6.45) is 0.178. The summed E-state index contributed by atoms with van der Waals surface area (Å²) in [4.78, 5) is 32.1. The molecule has 9 heteroatoms. The molecule has 0 radical (unpaired) electrons. The van der Waals surface area contributed by atoms with Crippen LogP contribution in [0.1, 0.15) is 12.8 Å². The molecule has 0 spiro atoms. The van der Waals surface area contributed by atoms with E-state index in [1.54, 1.807) is 23.8 Å². The monoisotopic (exact) mass is 423 g/mol. The van der Waals surface area contributed by atoms with E-state index in [0.29, 0.717) is 18.1 Å². The topological polar surface area (TPSA) is 100 Å². The van der Waals surface area contributed by atoms with Crippen LogP contribution in [-0.4, -0.2) is 46.4 Å². The molecular weight excluding hydrogens is 402 g/mol. The van der Waals surface area contributed by atoms with Crippen molar-refractivity contribution in [1.82, 2.24) is 15.2 Å². The lowest BCUT2D eigenvalue weighted by atomic mass is 10.2. The first kappa shape index (κ1) is 20.0. The average molecular weight is 423 g/mol. The Hall–Kier alpha value is -3.33. The summed E-state index contributed by atoms with van der Waals surface area (Å²) < 4.78 is 5.32. The molecule has 30 heavy (non-hydrogen) atoms. The predicted octanol–water partition coefficient (Wildman–Crippen LogP) is 3.34. The first-order chi connectivity index (χ1) is 14.7. The highest BCUT2D eigenvalue weighted by Crippen LogP contribution is 2.34. The Balaban J connectivity index is 1.35. The minimum atomic E-state index is -0.311. The van der Waals surface area contributed by atoms with Crippen molar-refractivity contribution in [2.75, 3.05) is 29.6 Å². The third kappa shape index (κ3) is 4.30. The van der Waals surface area contributed by atoms with Gasteiger partial charge in [0.1, 0.15) is 5.75 Å². The van der Waals surface area contributed by atoms with Gasteiger partial charge in [0, 0.05) is 30.0 Å². The van der Waals surface area contributed by atoms with Crippen LogP contribution in [0.25, 0.3) is 11.4 Å². The van der Waals surface area contributed by atoms with Crippen molar-refractivity contribution in [3.8, 4) is 17.1 Å². The number of carbonyl (C=O) groups excluding carboxylic acids is 2. The fourth-order valence-corrected chi connectivity index (χ4v) is 4.24. The number of hydrogen-bond acceptors (Lipinski definition) is 6. The molecule has 1 aliphatic rings. The van der Waals surface area contributed by atoms with Crippen molar-refractivity contribution >= 4 is 35.2 Å². The van der Waals surface area contributed by atoms with Gasteiger partial charge in [-0.1, -0.05) is 24.3 Å². The van der Waals surface area contributed by atoms with Crippen LogP contribution in [0.3, 0.4) is 0 Å². The van der Waals surface area contributed by atoms with E-state index in [4.69, 9.17) is 4.74 Å². The summed E-state index contributed by atoms with van der Waals surface area (Å²) in [5.41, 5.74) is 1.65. The average Bonchev–Trinajstić information content (AvgIpc) is 3.25. The molecule has 0 unspecified atom stereocenters. The lowest BCUT2D eigenvalue weighted by molar-refractivity contribution is -0.122. The number of H-pyrrole nitrogens is 1. The lowest BCUT2D eigenvalue weighted by Gasteiger charge is -2.28. The molecule has 0 fully saturated rings. The second kappa shape index (κ2) is 9.00. The molecule has 2 amide bonds. The predicted molar refractivity (Wildman–Crippen MR) is 116 cm³/mol. The van der Waals surface area contributed by atoms with E-state index in [9.17, 15) is 9.59 Å². The Morgan fingerprint density at radius 1 is 1.17 bits per heavy atom. The number of fused-ring (bicyclic) bond motifs is 1. The molecule has 1 aliphatic heterocycles. The van der Waals surface area contributed by atoms with E-state index < -0.39 is 0 Å². The van der Waals surface area contributed by atoms with Crippen LogP contribution in [0.15, 0.2) is 53.4 Å². The fourth-order valence-electron chi connectivity index (χ4n) is 3.25. The molecule has 0 bridgehead atoms. The Labute approximate surface area is 178 Å². The Bertz CT molecular complexity index is 1070. The molecule has 154 valence electrons. The normalized spacial score (nSPS) is 12.9. The first-order valence-corrected chi connectivity index (χ1v) is 10.5. The first-order valence-electron chi connectivity index (χ1n) is 9.53. The second-order valence-electron chi connectivity index (χ2n) is 6.62. The smallest absolute Gasteiger partial charge is 0.249 e. The van der Waals surface area contributed by atoms with Gasteiger partial charge in [0.15, 0.2) is 5.82 Å². The van der Waals surface area contributed by atoms with Gasteiger partial charge in [-0.05, 0) is 24.3 Å². The molecular formula is C21H21N5O3S. The number of amides is 2. The number of aromatic amines is 1. The zero-order valence-electron chi connectivity index (χ0n) is 16.4. The van der Waals surface area contributed by atoms with Crippen molar-refractivity contribution < 1.29 is 14.3 Å². The largest absolute Gasteiger partial charge is 0.496 e. The summed E-state index contributed by atoms with van der Waals surface area (Å²) in [5, 5.41) is 9.47. The number of methoxy groups -OCH3 is 1. The van der Waals surface area contributed by atoms with Gasteiger partial charge in [0.25, 0.3) is 0 Å². The quantitative estimate of drug-likeness (QED) is 0.631. The van der Waals surface area contributed by atoms with Gasteiger partial charge in [-0.2, -0.15) is 4.98 Å². The zero-order valence-corrected chi connectivity index (χ0v) is 17.2.